The SMILES string of the molecule is CC(C)Nc1ncccc1C(=O)N[C@@H](C)CN.Cl.Cl. The van der Waals surface area contributed by atoms with Crippen LogP contribution in [0.1, 0.15) is 31.1 Å². The molecule has 19 heavy (non-hydrogen) atoms. The van der Waals surface area contributed by atoms with E-state index in [-0.39, 0.29) is 42.8 Å². The number of aromatic nitrogens is 1. The molecule has 110 valence electrons. The Morgan fingerprint density at radius 1 is 1.37 bits per heavy atom. The van der Waals surface area contributed by atoms with Crippen LogP contribution < -0.4 is 16.4 Å². The maximum atomic E-state index is 12.0. The topological polar surface area (TPSA) is 80.0 Å². The van der Waals surface area contributed by atoms with E-state index in [0.29, 0.717) is 17.9 Å². The predicted octanol–water partition coefficient (Wildman–Crippen LogP) is 1.82. The Labute approximate surface area is 126 Å². The lowest BCUT2D eigenvalue weighted by Crippen LogP contribution is -2.38. The van der Waals surface area contributed by atoms with E-state index in [1.54, 1.807) is 18.3 Å². The summed E-state index contributed by atoms with van der Waals surface area (Å²) in [6.45, 7) is 6.28. The molecule has 0 saturated heterocycles. The second-order valence-corrected chi connectivity index (χ2v) is 4.31. The summed E-state index contributed by atoms with van der Waals surface area (Å²) in [6.07, 6.45) is 1.66. The van der Waals surface area contributed by atoms with Crippen molar-refractivity contribution >= 4 is 36.5 Å². The van der Waals surface area contributed by atoms with Gasteiger partial charge in [-0.05, 0) is 32.9 Å². The molecule has 1 rings (SSSR count). The minimum absolute atomic E-state index is 0. The Balaban J connectivity index is 0. The number of nitrogens with two attached hydrogens (primary N) is 1. The highest BCUT2D eigenvalue weighted by Gasteiger charge is 2.14. The third-order valence-corrected chi connectivity index (χ3v) is 2.21. The number of hydrogen-bond acceptors (Lipinski definition) is 4. The molecule has 0 aliphatic heterocycles. The van der Waals surface area contributed by atoms with Gasteiger partial charge < -0.3 is 16.4 Å². The van der Waals surface area contributed by atoms with Gasteiger partial charge in [0.15, 0.2) is 0 Å². The highest BCUT2D eigenvalue weighted by atomic mass is 35.5. The maximum absolute atomic E-state index is 12.0. The third kappa shape index (κ3) is 6.61. The first kappa shape index (κ1) is 20.3. The summed E-state index contributed by atoms with van der Waals surface area (Å²) in [7, 11) is 0. The lowest BCUT2D eigenvalue weighted by atomic mass is 10.2. The van der Waals surface area contributed by atoms with Gasteiger partial charge in [-0.3, -0.25) is 4.79 Å². The zero-order valence-electron chi connectivity index (χ0n) is 11.3. The van der Waals surface area contributed by atoms with E-state index in [1.807, 2.05) is 20.8 Å². The molecule has 7 heteroatoms. The van der Waals surface area contributed by atoms with Gasteiger partial charge in [0.25, 0.3) is 5.91 Å². The van der Waals surface area contributed by atoms with Crippen molar-refractivity contribution in [3.05, 3.63) is 23.9 Å². The summed E-state index contributed by atoms with van der Waals surface area (Å²) in [5.74, 6) is 0.448. The number of pyridine rings is 1. The molecule has 1 atom stereocenters. The zero-order chi connectivity index (χ0) is 12.8. The molecule has 1 aromatic rings. The standard InChI is InChI=1S/C12H20N4O.2ClH/c1-8(2)15-11-10(5-4-6-14-11)12(17)16-9(3)7-13;;/h4-6,8-9H,7,13H2,1-3H3,(H,14,15)(H,16,17);2*1H/t9-;;/m0../s1. The number of carbonyl (C=O) groups is 1. The fourth-order valence-corrected chi connectivity index (χ4v) is 1.34. The summed E-state index contributed by atoms with van der Waals surface area (Å²) >= 11 is 0. The van der Waals surface area contributed by atoms with Gasteiger partial charge in [-0.1, -0.05) is 0 Å². The number of anilines is 1. The van der Waals surface area contributed by atoms with E-state index < -0.39 is 0 Å². The third-order valence-electron chi connectivity index (χ3n) is 2.21. The summed E-state index contributed by atoms with van der Waals surface area (Å²) in [5, 5.41) is 5.96. The first-order chi connectivity index (χ1) is 8.04. The van der Waals surface area contributed by atoms with Gasteiger partial charge in [-0.2, -0.15) is 0 Å². The van der Waals surface area contributed by atoms with Gasteiger partial charge in [-0.25, -0.2) is 4.98 Å². The number of nitrogens with one attached hydrogen (secondary N) is 2. The number of halogens is 2. The van der Waals surface area contributed by atoms with Crippen LogP contribution in [0.2, 0.25) is 0 Å². The summed E-state index contributed by atoms with van der Waals surface area (Å²) in [6, 6.07) is 3.67. The highest BCUT2D eigenvalue weighted by molar-refractivity contribution is 5.98. The first-order valence-electron chi connectivity index (χ1n) is 5.77. The van der Waals surface area contributed by atoms with Crippen molar-refractivity contribution in [2.75, 3.05) is 11.9 Å². The molecule has 0 aliphatic carbocycles. The number of nitrogens with zero attached hydrogens (tertiary/aromatic N) is 1. The summed E-state index contributed by atoms with van der Waals surface area (Å²) in [5.41, 5.74) is 6.01. The normalized spacial score (nSPS) is 11.0. The van der Waals surface area contributed by atoms with E-state index in [0.717, 1.165) is 0 Å². The zero-order valence-corrected chi connectivity index (χ0v) is 13.0. The number of amides is 1. The predicted molar refractivity (Wildman–Crippen MR) is 83.5 cm³/mol. The Morgan fingerprint density at radius 3 is 2.53 bits per heavy atom. The maximum Gasteiger partial charge on any atom is 0.255 e. The minimum atomic E-state index is -0.154. The molecule has 1 heterocycles. The number of rotatable bonds is 5. The fraction of sp³-hybridized carbons (Fsp3) is 0.500. The Kier molecular flexibility index (Phi) is 10.5. The molecular formula is C12H22Cl2N4O. The molecule has 0 spiro atoms. The number of hydrogen-bond donors (Lipinski definition) is 3. The Morgan fingerprint density at radius 2 is 2.00 bits per heavy atom. The minimum Gasteiger partial charge on any atom is -0.367 e. The van der Waals surface area contributed by atoms with Gasteiger partial charge in [-0.15, -0.1) is 24.8 Å². The van der Waals surface area contributed by atoms with E-state index >= 15 is 0 Å². The van der Waals surface area contributed by atoms with Gasteiger partial charge in [0.05, 0.1) is 5.56 Å². The molecular weight excluding hydrogens is 287 g/mol. The fourth-order valence-electron chi connectivity index (χ4n) is 1.34. The van der Waals surface area contributed by atoms with Crippen LogP contribution in [0.5, 0.6) is 0 Å². The highest BCUT2D eigenvalue weighted by Crippen LogP contribution is 2.12. The van der Waals surface area contributed by atoms with Gasteiger partial charge in [0.2, 0.25) is 0 Å². The molecule has 4 N–H and O–H groups in total. The van der Waals surface area contributed by atoms with Crippen LogP contribution in [0.25, 0.3) is 0 Å². The van der Waals surface area contributed by atoms with Crippen LogP contribution in [0.4, 0.5) is 5.82 Å². The van der Waals surface area contributed by atoms with Crippen molar-refractivity contribution in [3.63, 3.8) is 0 Å². The summed E-state index contributed by atoms with van der Waals surface area (Å²) < 4.78 is 0. The molecule has 0 saturated carbocycles. The average molecular weight is 309 g/mol. The second kappa shape index (κ2) is 9.83. The van der Waals surface area contributed by atoms with E-state index in [1.165, 1.54) is 0 Å². The molecule has 5 nitrogen and oxygen atoms in total. The summed E-state index contributed by atoms with van der Waals surface area (Å²) in [4.78, 5) is 16.1. The van der Waals surface area contributed by atoms with E-state index in [2.05, 4.69) is 15.6 Å². The van der Waals surface area contributed by atoms with Gasteiger partial charge in [0.1, 0.15) is 5.82 Å². The molecule has 0 unspecified atom stereocenters. The van der Waals surface area contributed by atoms with Gasteiger partial charge >= 0.3 is 0 Å². The van der Waals surface area contributed by atoms with Crippen molar-refractivity contribution in [1.29, 1.82) is 0 Å². The van der Waals surface area contributed by atoms with Crippen molar-refractivity contribution in [2.45, 2.75) is 32.9 Å². The smallest absolute Gasteiger partial charge is 0.255 e. The quantitative estimate of drug-likeness (QED) is 0.775. The van der Waals surface area contributed by atoms with Crippen molar-refractivity contribution in [3.8, 4) is 0 Å². The molecule has 0 radical (unpaired) electrons. The molecule has 0 fully saturated rings. The molecule has 0 bridgehead atoms. The lowest BCUT2D eigenvalue weighted by molar-refractivity contribution is 0.0942. The van der Waals surface area contributed by atoms with Crippen molar-refractivity contribution in [2.24, 2.45) is 5.73 Å². The molecule has 1 aromatic heterocycles. The Bertz CT molecular complexity index is 388. The van der Waals surface area contributed by atoms with E-state index in [4.69, 9.17) is 5.73 Å². The first-order valence-corrected chi connectivity index (χ1v) is 5.77. The monoisotopic (exact) mass is 308 g/mol. The molecule has 0 aliphatic rings. The second-order valence-electron chi connectivity index (χ2n) is 4.31. The van der Waals surface area contributed by atoms with Crippen LogP contribution in [0.3, 0.4) is 0 Å². The van der Waals surface area contributed by atoms with Crippen molar-refractivity contribution < 1.29 is 4.79 Å². The lowest BCUT2D eigenvalue weighted by Gasteiger charge is -2.15. The van der Waals surface area contributed by atoms with Crippen LogP contribution in [-0.4, -0.2) is 29.5 Å². The molecule has 0 aromatic carbocycles. The van der Waals surface area contributed by atoms with Crippen molar-refractivity contribution in [1.82, 2.24) is 10.3 Å². The largest absolute Gasteiger partial charge is 0.367 e. The Hall–Kier alpha value is -1.04. The van der Waals surface area contributed by atoms with Gasteiger partial charge in [0, 0.05) is 24.8 Å². The van der Waals surface area contributed by atoms with Crippen LogP contribution >= 0.6 is 24.8 Å². The van der Waals surface area contributed by atoms with Crippen LogP contribution in [0.15, 0.2) is 18.3 Å². The van der Waals surface area contributed by atoms with Crippen LogP contribution in [0, 0.1) is 0 Å². The van der Waals surface area contributed by atoms with Crippen LogP contribution in [-0.2, 0) is 0 Å². The molecule has 1 amide bonds. The average Bonchev–Trinajstić information content (AvgIpc) is 2.28. The van der Waals surface area contributed by atoms with E-state index in [9.17, 15) is 4.79 Å². The number of carbonyl (C=O) groups excluding carboxylic acids is 1.